The number of carbonyl (C=O) groups is 2. The number of H-pyrrole nitrogens is 1. The molecule has 2 aromatic rings. The van der Waals surface area contributed by atoms with Crippen molar-refractivity contribution >= 4 is 23.2 Å². The zero-order valence-corrected chi connectivity index (χ0v) is 12.7. The number of rotatable bonds is 6. The van der Waals surface area contributed by atoms with Crippen LogP contribution in [0.15, 0.2) is 23.6 Å². The topological polar surface area (TPSA) is 86.3 Å². The maximum atomic E-state index is 12.4. The van der Waals surface area contributed by atoms with Crippen LogP contribution in [0.2, 0.25) is 0 Å². The van der Waals surface area contributed by atoms with E-state index in [9.17, 15) is 9.59 Å². The van der Waals surface area contributed by atoms with Gasteiger partial charge in [0.15, 0.2) is 5.69 Å². The van der Waals surface area contributed by atoms with E-state index in [1.165, 1.54) is 4.90 Å². The van der Waals surface area contributed by atoms with Crippen molar-refractivity contribution in [1.29, 1.82) is 0 Å². The van der Waals surface area contributed by atoms with Crippen molar-refractivity contribution in [1.82, 2.24) is 15.1 Å². The van der Waals surface area contributed by atoms with Gasteiger partial charge in [-0.15, -0.1) is 11.3 Å². The monoisotopic (exact) mass is 307 g/mol. The molecule has 0 bridgehead atoms. The van der Waals surface area contributed by atoms with Crippen molar-refractivity contribution in [2.24, 2.45) is 0 Å². The number of carboxylic acid groups (broad SMARTS) is 1. The number of aromatic amines is 1. The molecular weight excluding hydrogens is 290 g/mol. The van der Waals surface area contributed by atoms with Gasteiger partial charge in [-0.1, -0.05) is 6.07 Å². The molecule has 0 fully saturated rings. The van der Waals surface area contributed by atoms with Gasteiger partial charge in [0.1, 0.15) is 0 Å². The summed E-state index contributed by atoms with van der Waals surface area (Å²) in [5.41, 5.74) is 1.09. The number of hydrogen-bond donors (Lipinski definition) is 2. The molecule has 0 aliphatic rings. The number of amides is 1. The second-order valence-corrected chi connectivity index (χ2v) is 5.83. The number of aromatic nitrogens is 2. The van der Waals surface area contributed by atoms with Crippen LogP contribution in [0.25, 0.3) is 10.6 Å². The van der Waals surface area contributed by atoms with Crippen LogP contribution >= 0.6 is 11.3 Å². The molecule has 0 saturated carbocycles. The number of nitrogens with one attached hydrogen (secondary N) is 1. The molecule has 7 heteroatoms. The van der Waals surface area contributed by atoms with Gasteiger partial charge in [-0.25, -0.2) is 0 Å². The summed E-state index contributed by atoms with van der Waals surface area (Å²) in [6.45, 7) is 3.88. The molecule has 0 spiro atoms. The van der Waals surface area contributed by atoms with Gasteiger partial charge in [0, 0.05) is 12.6 Å². The Labute approximate surface area is 126 Å². The molecule has 1 amide bonds. The first-order valence-electron chi connectivity index (χ1n) is 6.61. The Morgan fingerprint density at radius 2 is 2.24 bits per heavy atom. The number of thiophene rings is 1. The fourth-order valence-electron chi connectivity index (χ4n) is 1.95. The van der Waals surface area contributed by atoms with E-state index in [-0.39, 0.29) is 24.9 Å². The molecule has 2 heterocycles. The second kappa shape index (κ2) is 6.53. The molecule has 2 aromatic heterocycles. The van der Waals surface area contributed by atoms with E-state index in [0.29, 0.717) is 5.69 Å². The average Bonchev–Trinajstić information content (AvgIpc) is 3.09. The molecule has 2 rings (SSSR count). The molecule has 21 heavy (non-hydrogen) atoms. The van der Waals surface area contributed by atoms with E-state index in [4.69, 9.17) is 5.11 Å². The van der Waals surface area contributed by atoms with Gasteiger partial charge < -0.3 is 10.0 Å². The van der Waals surface area contributed by atoms with E-state index < -0.39 is 5.97 Å². The van der Waals surface area contributed by atoms with Gasteiger partial charge in [-0.2, -0.15) is 5.10 Å². The highest BCUT2D eigenvalue weighted by Gasteiger charge is 2.22. The van der Waals surface area contributed by atoms with Crippen molar-refractivity contribution < 1.29 is 14.7 Å². The maximum Gasteiger partial charge on any atom is 0.305 e. The molecule has 0 aromatic carbocycles. The zero-order chi connectivity index (χ0) is 15.4. The molecule has 0 radical (unpaired) electrons. The number of hydrogen-bond acceptors (Lipinski definition) is 4. The highest BCUT2D eigenvalue weighted by Crippen LogP contribution is 2.23. The van der Waals surface area contributed by atoms with Crippen molar-refractivity contribution in [3.8, 4) is 10.6 Å². The molecule has 0 atom stereocenters. The van der Waals surface area contributed by atoms with Gasteiger partial charge in [-0.05, 0) is 31.4 Å². The molecule has 112 valence electrons. The van der Waals surface area contributed by atoms with Crippen molar-refractivity contribution in [3.05, 3.63) is 29.3 Å². The minimum atomic E-state index is -0.922. The summed E-state index contributed by atoms with van der Waals surface area (Å²) in [6.07, 6.45) is -0.0773. The van der Waals surface area contributed by atoms with Gasteiger partial charge in [0.2, 0.25) is 0 Å². The Hall–Kier alpha value is -2.15. The van der Waals surface area contributed by atoms with Crippen LogP contribution in [-0.4, -0.2) is 44.7 Å². The lowest BCUT2D eigenvalue weighted by molar-refractivity contribution is -0.137. The largest absolute Gasteiger partial charge is 0.481 e. The van der Waals surface area contributed by atoms with Gasteiger partial charge in [0.05, 0.1) is 17.0 Å². The molecule has 2 N–H and O–H groups in total. The van der Waals surface area contributed by atoms with Gasteiger partial charge >= 0.3 is 5.97 Å². The van der Waals surface area contributed by atoms with Crippen molar-refractivity contribution in [3.63, 3.8) is 0 Å². The fourth-order valence-corrected chi connectivity index (χ4v) is 2.64. The van der Waals surface area contributed by atoms with E-state index in [1.54, 1.807) is 17.4 Å². The highest BCUT2D eigenvalue weighted by atomic mass is 32.1. The third kappa shape index (κ3) is 3.69. The van der Waals surface area contributed by atoms with Crippen LogP contribution in [0, 0.1) is 0 Å². The number of aliphatic carboxylic acids is 1. The Balaban J connectivity index is 2.15. The third-order valence-corrected chi connectivity index (χ3v) is 3.94. The quantitative estimate of drug-likeness (QED) is 0.858. The minimum Gasteiger partial charge on any atom is -0.481 e. The Morgan fingerprint density at radius 1 is 1.48 bits per heavy atom. The molecule has 0 saturated heterocycles. The fraction of sp³-hybridized carbons (Fsp3) is 0.357. The molecule has 0 aliphatic carbocycles. The SMILES string of the molecule is CC(C)N(CCC(=O)O)C(=O)c1cc(-c2cccs2)[nH]n1. The first-order valence-corrected chi connectivity index (χ1v) is 7.49. The van der Waals surface area contributed by atoms with E-state index in [0.717, 1.165) is 10.6 Å². The van der Waals surface area contributed by atoms with E-state index in [1.807, 2.05) is 31.4 Å². The second-order valence-electron chi connectivity index (χ2n) is 4.88. The van der Waals surface area contributed by atoms with Crippen molar-refractivity contribution in [2.75, 3.05) is 6.54 Å². The summed E-state index contributed by atoms with van der Waals surface area (Å²) in [6, 6.07) is 5.48. The summed E-state index contributed by atoms with van der Waals surface area (Å²) in [4.78, 5) is 25.6. The lowest BCUT2D eigenvalue weighted by atomic mass is 10.2. The number of carboxylic acids is 1. The van der Waals surface area contributed by atoms with Crippen LogP contribution in [0.5, 0.6) is 0 Å². The highest BCUT2D eigenvalue weighted by molar-refractivity contribution is 7.13. The smallest absolute Gasteiger partial charge is 0.305 e. The van der Waals surface area contributed by atoms with E-state index >= 15 is 0 Å². The summed E-state index contributed by atoms with van der Waals surface area (Å²) in [5, 5.41) is 17.6. The normalized spacial score (nSPS) is 10.8. The summed E-state index contributed by atoms with van der Waals surface area (Å²) < 4.78 is 0. The molecule has 0 aliphatic heterocycles. The molecule has 0 unspecified atom stereocenters. The molecular formula is C14H17N3O3S. The average molecular weight is 307 g/mol. The number of nitrogens with zero attached hydrogens (tertiary/aromatic N) is 2. The first-order chi connectivity index (χ1) is 9.99. The summed E-state index contributed by atoms with van der Waals surface area (Å²) in [7, 11) is 0. The minimum absolute atomic E-state index is 0.0773. The van der Waals surface area contributed by atoms with Crippen LogP contribution in [0.4, 0.5) is 0 Å². The Bertz CT molecular complexity index is 619. The van der Waals surface area contributed by atoms with Crippen LogP contribution in [0.1, 0.15) is 30.8 Å². The lowest BCUT2D eigenvalue weighted by Crippen LogP contribution is -2.38. The Kier molecular flexibility index (Phi) is 4.74. The Morgan fingerprint density at radius 3 is 2.81 bits per heavy atom. The first kappa shape index (κ1) is 15.2. The van der Waals surface area contributed by atoms with Crippen molar-refractivity contribution in [2.45, 2.75) is 26.3 Å². The van der Waals surface area contributed by atoms with E-state index in [2.05, 4.69) is 10.2 Å². The predicted molar refractivity (Wildman–Crippen MR) is 80.3 cm³/mol. The zero-order valence-electron chi connectivity index (χ0n) is 11.9. The summed E-state index contributed by atoms with van der Waals surface area (Å²) in [5.74, 6) is -1.18. The number of carbonyl (C=O) groups excluding carboxylic acids is 1. The third-order valence-electron chi connectivity index (χ3n) is 3.03. The van der Waals surface area contributed by atoms with Gasteiger partial charge in [0.25, 0.3) is 5.91 Å². The lowest BCUT2D eigenvalue weighted by Gasteiger charge is -2.25. The van der Waals surface area contributed by atoms with Crippen LogP contribution in [-0.2, 0) is 4.79 Å². The standard InChI is InChI=1S/C14H17N3O3S/c1-9(2)17(6-5-13(18)19)14(20)11-8-10(15-16-11)12-4-3-7-21-12/h3-4,7-9H,5-6H2,1-2H3,(H,15,16)(H,18,19). The van der Waals surface area contributed by atoms with Crippen LogP contribution < -0.4 is 0 Å². The summed E-state index contributed by atoms with van der Waals surface area (Å²) >= 11 is 1.56. The van der Waals surface area contributed by atoms with Crippen LogP contribution in [0.3, 0.4) is 0 Å². The maximum absolute atomic E-state index is 12.4. The molecule has 6 nitrogen and oxygen atoms in total. The van der Waals surface area contributed by atoms with Gasteiger partial charge in [-0.3, -0.25) is 14.7 Å². The predicted octanol–water partition coefficient (Wildman–Crippen LogP) is 2.46.